The van der Waals surface area contributed by atoms with E-state index in [-0.39, 0.29) is 5.91 Å². The third-order valence-corrected chi connectivity index (χ3v) is 2.38. The summed E-state index contributed by atoms with van der Waals surface area (Å²) >= 11 is 0. The van der Waals surface area contributed by atoms with E-state index in [0.717, 1.165) is 0 Å². The SMILES string of the molecule is N[C@@H](CO)C(=O)N1CCN(C(=O)O)CC1. The Morgan fingerprint density at radius 1 is 1.20 bits per heavy atom. The molecular weight excluding hydrogens is 202 g/mol. The van der Waals surface area contributed by atoms with E-state index in [1.807, 2.05) is 0 Å². The number of aliphatic hydroxyl groups excluding tert-OH is 1. The van der Waals surface area contributed by atoms with E-state index in [1.54, 1.807) is 0 Å². The molecule has 1 aliphatic rings. The molecule has 7 nitrogen and oxygen atoms in total. The lowest BCUT2D eigenvalue weighted by molar-refractivity contribution is -0.135. The molecule has 0 aromatic carbocycles. The Labute approximate surface area is 87.1 Å². The second-order valence-electron chi connectivity index (χ2n) is 3.38. The first kappa shape index (κ1) is 11.7. The van der Waals surface area contributed by atoms with Gasteiger partial charge in [-0.1, -0.05) is 0 Å². The van der Waals surface area contributed by atoms with Gasteiger partial charge in [0.05, 0.1) is 6.61 Å². The van der Waals surface area contributed by atoms with E-state index in [9.17, 15) is 9.59 Å². The van der Waals surface area contributed by atoms with Gasteiger partial charge in [0.15, 0.2) is 0 Å². The lowest BCUT2D eigenvalue weighted by Gasteiger charge is -2.34. The van der Waals surface area contributed by atoms with Crippen LogP contribution in [0.15, 0.2) is 0 Å². The van der Waals surface area contributed by atoms with Gasteiger partial charge in [-0.15, -0.1) is 0 Å². The monoisotopic (exact) mass is 217 g/mol. The fourth-order valence-corrected chi connectivity index (χ4v) is 1.43. The highest BCUT2D eigenvalue weighted by molar-refractivity contribution is 5.82. The van der Waals surface area contributed by atoms with Crippen LogP contribution in [0.5, 0.6) is 0 Å². The summed E-state index contributed by atoms with van der Waals surface area (Å²) in [5, 5.41) is 17.4. The Morgan fingerprint density at radius 3 is 2.07 bits per heavy atom. The summed E-state index contributed by atoms with van der Waals surface area (Å²) < 4.78 is 0. The van der Waals surface area contributed by atoms with E-state index < -0.39 is 18.7 Å². The van der Waals surface area contributed by atoms with Gasteiger partial charge in [-0.25, -0.2) is 4.79 Å². The van der Waals surface area contributed by atoms with Crippen LogP contribution in [0.25, 0.3) is 0 Å². The lowest BCUT2D eigenvalue weighted by atomic mass is 10.2. The molecule has 0 bridgehead atoms. The molecule has 0 spiro atoms. The molecule has 1 atom stereocenters. The molecule has 15 heavy (non-hydrogen) atoms. The second-order valence-corrected chi connectivity index (χ2v) is 3.38. The topological polar surface area (TPSA) is 107 Å². The highest BCUT2D eigenvalue weighted by atomic mass is 16.4. The van der Waals surface area contributed by atoms with Crippen LogP contribution in [0, 0.1) is 0 Å². The van der Waals surface area contributed by atoms with Crippen LogP contribution >= 0.6 is 0 Å². The quantitative estimate of drug-likeness (QED) is 0.502. The molecule has 0 radical (unpaired) electrons. The maximum Gasteiger partial charge on any atom is 0.407 e. The first-order valence-corrected chi connectivity index (χ1v) is 4.69. The van der Waals surface area contributed by atoms with Crippen molar-refractivity contribution in [3.05, 3.63) is 0 Å². The third-order valence-electron chi connectivity index (χ3n) is 2.38. The number of carboxylic acid groups (broad SMARTS) is 1. The molecule has 7 heteroatoms. The van der Waals surface area contributed by atoms with Gasteiger partial charge in [0.1, 0.15) is 6.04 Å². The minimum Gasteiger partial charge on any atom is -0.465 e. The van der Waals surface area contributed by atoms with Gasteiger partial charge >= 0.3 is 6.09 Å². The van der Waals surface area contributed by atoms with E-state index in [0.29, 0.717) is 26.2 Å². The molecule has 1 saturated heterocycles. The zero-order chi connectivity index (χ0) is 11.4. The number of carbonyl (C=O) groups excluding carboxylic acids is 1. The maximum atomic E-state index is 11.5. The number of nitrogens with two attached hydrogens (primary N) is 1. The van der Waals surface area contributed by atoms with Gasteiger partial charge in [-0.2, -0.15) is 0 Å². The molecule has 4 N–H and O–H groups in total. The van der Waals surface area contributed by atoms with Gasteiger partial charge in [0.25, 0.3) is 0 Å². The number of rotatable bonds is 2. The molecule has 2 amide bonds. The lowest BCUT2D eigenvalue weighted by Crippen LogP contribution is -2.54. The summed E-state index contributed by atoms with van der Waals surface area (Å²) in [5.74, 6) is -0.331. The predicted octanol–water partition coefficient (Wildman–Crippen LogP) is -1.87. The van der Waals surface area contributed by atoms with Crippen molar-refractivity contribution in [1.29, 1.82) is 0 Å². The van der Waals surface area contributed by atoms with Crippen molar-refractivity contribution in [3.63, 3.8) is 0 Å². The molecule has 0 aromatic rings. The second kappa shape index (κ2) is 4.94. The number of carbonyl (C=O) groups is 2. The van der Waals surface area contributed by atoms with Crippen LogP contribution in [-0.2, 0) is 4.79 Å². The van der Waals surface area contributed by atoms with E-state index >= 15 is 0 Å². The number of aliphatic hydroxyl groups is 1. The average Bonchev–Trinajstić information content (AvgIpc) is 2.27. The zero-order valence-electron chi connectivity index (χ0n) is 8.30. The number of amides is 2. The Balaban J connectivity index is 2.43. The molecule has 0 unspecified atom stereocenters. The van der Waals surface area contributed by atoms with Crippen molar-refractivity contribution in [1.82, 2.24) is 9.80 Å². The van der Waals surface area contributed by atoms with Gasteiger partial charge in [0, 0.05) is 26.2 Å². The summed E-state index contributed by atoms with van der Waals surface area (Å²) in [6, 6.07) is -0.902. The molecule has 1 rings (SSSR count). The standard InChI is InChI=1S/C8H15N3O4/c9-6(5-12)7(13)10-1-3-11(4-2-10)8(14)15/h6,12H,1-5,9H2,(H,14,15)/t6-/m0/s1. The normalized spacial score (nSPS) is 18.8. The fraction of sp³-hybridized carbons (Fsp3) is 0.750. The minimum atomic E-state index is -0.978. The third kappa shape index (κ3) is 2.80. The van der Waals surface area contributed by atoms with Crippen molar-refractivity contribution in [2.75, 3.05) is 32.8 Å². The van der Waals surface area contributed by atoms with Gasteiger partial charge in [0.2, 0.25) is 5.91 Å². The summed E-state index contributed by atoms with van der Waals surface area (Å²) in [6.07, 6.45) is -0.978. The van der Waals surface area contributed by atoms with Crippen molar-refractivity contribution >= 4 is 12.0 Å². The van der Waals surface area contributed by atoms with E-state index in [2.05, 4.69) is 0 Å². The Morgan fingerprint density at radius 2 is 1.67 bits per heavy atom. The minimum absolute atomic E-state index is 0.291. The Hall–Kier alpha value is -1.34. The maximum absolute atomic E-state index is 11.5. The molecular formula is C8H15N3O4. The van der Waals surface area contributed by atoms with Crippen LogP contribution < -0.4 is 5.73 Å². The Bertz CT molecular complexity index is 250. The summed E-state index contributed by atoms with van der Waals surface area (Å²) in [5.41, 5.74) is 5.37. The molecule has 0 saturated carbocycles. The van der Waals surface area contributed by atoms with Gasteiger partial charge < -0.3 is 25.7 Å². The predicted molar refractivity (Wildman–Crippen MR) is 51.2 cm³/mol. The van der Waals surface area contributed by atoms with Gasteiger partial charge in [-0.05, 0) is 0 Å². The molecule has 86 valence electrons. The van der Waals surface area contributed by atoms with Crippen molar-refractivity contribution in [2.24, 2.45) is 5.73 Å². The average molecular weight is 217 g/mol. The largest absolute Gasteiger partial charge is 0.465 e. The molecule has 1 heterocycles. The molecule has 0 aromatic heterocycles. The van der Waals surface area contributed by atoms with Crippen molar-refractivity contribution < 1.29 is 19.8 Å². The van der Waals surface area contributed by atoms with Crippen LogP contribution in [0.4, 0.5) is 4.79 Å². The van der Waals surface area contributed by atoms with Crippen LogP contribution in [0.1, 0.15) is 0 Å². The fourth-order valence-electron chi connectivity index (χ4n) is 1.43. The van der Waals surface area contributed by atoms with E-state index in [4.69, 9.17) is 15.9 Å². The highest BCUT2D eigenvalue weighted by Gasteiger charge is 2.26. The van der Waals surface area contributed by atoms with Crippen LogP contribution in [0.2, 0.25) is 0 Å². The summed E-state index contributed by atoms with van der Waals surface area (Å²) in [7, 11) is 0. The van der Waals surface area contributed by atoms with Crippen LogP contribution in [0.3, 0.4) is 0 Å². The Kier molecular flexibility index (Phi) is 3.87. The smallest absolute Gasteiger partial charge is 0.407 e. The highest BCUT2D eigenvalue weighted by Crippen LogP contribution is 2.03. The number of hydrogen-bond donors (Lipinski definition) is 3. The number of piperazine rings is 1. The summed E-state index contributed by atoms with van der Waals surface area (Å²) in [4.78, 5) is 24.8. The first-order valence-electron chi connectivity index (χ1n) is 4.69. The molecule has 1 aliphatic heterocycles. The van der Waals surface area contributed by atoms with Crippen molar-refractivity contribution in [2.45, 2.75) is 6.04 Å². The zero-order valence-corrected chi connectivity index (χ0v) is 8.30. The van der Waals surface area contributed by atoms with E-state index in [1.165, 1.54) is 9.80 Å². The first-order chi connectivity index (χ1) is 7.06. The van der Waals surface area contributed by atoms with Crippen LogP contribution in [-0.4, -0.2) is 70.8 Å². The number of nitrogens with zero attached hydrogens (tertiary/aromatic N) is 2. The van der Waals surface area contributed by atoms with Gasteiger partial charge in [-0.3, -0.25) is 4.79 Å². The van der Waals surface area contributed by atoms with Crippen molar-refractivity contribution in [3.8, 4) is 0 Å². The number of hydrogen-bond acceptors (Lipinski definition) is 4. The molecule has 0 aliphatic carbocycles. The summed E-state index contributed by atoms with van der Waals surface area (Å²) in [6.45, 7) is 0.855. The molecule has 1 fully saturated rings.